The summed E-state index contributed by atoms with van der Waals surface area (Å²) in [6.07, 6.45) is -0.968. The highest BCUT2D eigenvalue weighted by Crippen LogP contribution is 2.48. The first kappa shape index (κ1) is 19.3. The quantitative estimate of drug-likeness (QED) is 0.581. The van der Waals surface area contributed by atoms with E-state index in [1.54, 1.807) is 53.6 Å². The van der Waals surface area contributed by atoms with Crippen molar-refractivity contribution in [2.24, 2.45) is 5.92 Å². The van der Waals surface area contributed by atoms with E-state index >= 15 is 0 Å². The van der Waals surface area contributed by atoms with Gasteiger partial charge in [-0.05, 0) is 42.0 Å². The number of hydroxylamine groups is 1. The van der Waals surface area contributed by atoms with Crippen LogP contribution < -0.4 is 9.96 Å². The van der Waals surface area contributed by atoms with E-state index in [2.05, 4.69) is 6.07 Å². The molecule has 2 saturated heterocycles. The lowest BCUT2D eigenvalue weighted by atomic mass is 9.90. The molecule has 0 N–H and O–H groups in total. The Kier molecular flexibility index (Phi) is 4.70. The Bertz CT molecular complexity index is 1210. The van der Waals surface area contributed by atoms with Crippen molar-refractivity contribution >= 4 is 34.8 Å². The molecule has 0 aliphatic carbocycles. The number of para-hydroxylation sites is 2. The zero-order valence-corrected chi connectivity index (χ0v) is 16.9. The highest BCUT2D eigenvalue weighted by molar-refractivity contribution is 6.36. The lowest BCUT2D eigenvalue weighted by Crippen LogP contribution is -2.37. The van der Waals surface area contributed by atoms with Gasteiger partial charge in [-0.2, -0.15) is 5.26 Å². The second kappa shape index (κ2) is 7.55. The number of nitriles is 1. The monoisotopic (exact) mass is 429 g/mol. The summed E-state index contributed by atoms with van der Waals surface area (Å²) in [6, 6.07) is 24.6. The van der Waals surface area contributed by atoms with E-state index in [-0.39, 0.29) is 5.91 Å². The highest BCUT2D eigenvalue weighted by atomic mass is 35.5. The standard InChI is InChI=1S/C24H16ClN3O3/c25-18-8-4-5-9-19(18)27-23(29)20-21(16-12-10-15(14-26)11-13-16)28(31-22(20)24(27)30)17-6-2-1-3-7-17/h1-13,20-22H/t20-,21-,22-/m1/s1. The fourth-order valence-corrected chi connectivity index (χ4v) is 4.40. The lowest BCUT2D eigenvalue weighted by molar-refractivity contribution is -0.126. The minimum absolute atomic E-state index is 0.319. The molecular weight excluding hydrogens is 414 g/mol. The summed E-state index contributed by atoms with van der Waals surface area (Å²) >= 11 is 6.27. The smallest absolute Gasteiger partial charge is 0.266 e. The molecule has 3 aromatic carbocycles. The highest BCUT2D eigenvalue weighted by Gasteiger charge is 2.60. The summed E-state index contributed by atoms with van der Waals surface area (Å²) in [6.45, 7) is 0. The minimum atomic E-state index is -0.968. The summed E-state index contributed by atoms with van der Waals surface area (Å²) in [7, 11) is 0. The zero-order chi connectivity index (χ0) is 21.5. The van der Waals surface area contributed by atoms with Gasteiger partial charge in [0.2, 0.25) is 5.91 Å². The number of rotatable bonds is 3. The fourth-order valence-electron chi connectivity index (χ4n) is 4.18. The first-order valence-corrected chi connectivity index (χ1v) is 10.1. The number of fused-ring (bicyclic) bond motifs is 1. The summed E-state index contributed by atoms with van der Waals surface area (Å²) in [5, 5.41) is 11.1. The molecule has 3 atom stereocenters. The average molecular weight is 430 g/mol. The predicted octanol–water partition coefficient (Wildman–Crippen LogP) is 4.26. The Morgan fingerprint density at radius 1 is 0.871 bits per heavy atom. The molecule has 7 heteroatoms. The van der Waals surface area contributed by atoms with Gasteiger partial charge in [-0.3, -0.25) is 14.4 Å². The van der Waals surface area contributed by atoms with Gasteiger partial charge in [0.1, 0.15) is 5.92 Å². The third-order valence-corrected chi connectivity index (χ3v) is 5.92. The summed E-state index contributed by atoms with van der Waals surface area (Å²) in [5.74, 6) is -1.56. The van der Waals surface area contributed by atoms with Crippen LogP contribution in [0.25, 0.3) is 0 Å². The third kappa shape index (κ3) is 3.07. The number of hydrogen-bond donors (Lipinski definition) is 0. The van der Waals surface area contributed by atoms with Crippen molar-refractivity contribution < 1.29 is 14.4 Å². The normalized spacial score (nSPS) is 22.5. The maximum absolute atomic E-state index is 13.5. The molecule has 0 radical (unpaired) electrons. The van der Waals surface area contributed by atoms with Gasteiger partial charge in [0, 0.05) is 0 Å². The van der Waals surface area contributed by atoms with Crippen LogP contribution in [0.4, 0.5) is 11.4 Å². The first-order valence-electron chi connectivity index (χ1n) is 9.73. The summed E-state index contributed by atoms with van der Waals surface area (Å²) < 4.78 is 0. The number of carbonyl (C=O) groups excluding carboxylic acids is 2. The van der Waals surface area contributed by atoms with Gasteiger partial charge in [0.15, 0.2) is 6.10 Å². The van der Waals surface area contributed by atoms with Crippen LogP contribution in [0.15, 0.2) is 78.9 Å². The Labute approximate surface area is 183 Å². The van der Waals surface area contributed by atoms with Crippen LogP contribution >= 0.6 is 11.6 Å². The van der Waals surface area contributed by atoms with E-state index in [9.17, 15) is 9.59 Å². The van der Waals surface area contributed by atoms with Crippen molar-refractivity contribution in [3.05, 3.63) is 95.0 Å². The minimum Gasteiger partial charge on any atom is -0.273 e. The Morgan fingerprint density at radius 2 is 1.55 bits per heavy atom. The molecule has 6 nitrogen and oxygen atoms in total. The van der Waals surface area contributed by atoms with E-state index in [0.29, 0.717) is 16.3 Å². The number of carbonyl (C=O) groups is 2. The van der Waals surface area contributed by atoms with Crippen molar-refractivity contribution in [2.75, 3.05) is 9.96 Å². The van der Waals surface area contributed by atoms with E-state index < -0.39 is 24.0 Å². The van der Waals surface area contributed by atoms with Crippen LogP contribution in [0.1, 0.15) is 17.2 Å². The van der Waals surface area contributed by atoms with Crippen LogP contribution in [0, 0.1) is 17.2 Å². The first-order chi connectivity index (χ1) is 15.1. The number of imide groups is 1. The second-order valence-corrected chi connectivity index (χ2v) is 7.76. The van der Waals surface area contributed by atoms with Crippen LogP contribution in [0.5, 0.6) is 0 Å². The largest absolute Gasteiger partial charge is 0.273 e. The molecule has 152 valence electrons. The summed E-state index contributed by atoms with van der Waals surface area (Å²) in [4.78, 5) is 34.0. The fraction of sp³-hybridized carbons (Fsp3) is 0.125. The predicted molar refractivity (Wildman–Crippen MR) is 115 cm³/mol. The van der Waals surface area contributed by atoms with Gasteiger partial charge < -0.3 is 0 Å². The van der Waals surface area contributed by atoms with Gasteiger partial charge >= 0.3 is 0 Å². The van der Waals surface area contributed by atoms with E-state index in [4.69, 9.17) is 21.7 Å². The molecular formula is C24H16ClN3O3. The van der Waals surface area contributed by atoms with Gasteiger partial charge in [-0.15, -0.1) is 0 Å². The van der Waals surface area contributed by atoms with Gasteiger partial charge in [0.25, 0.3) is 5.91 Å². The Balaban J connectivity index is 1.60. The number of benzene rings is 3. The number of halogens is 1. The third-order valence-electron chi connectivity index (χ3n) is 5.60. The average Bonchev–Trinajstić information content (AvgIpc) is 3.31. The van der Waals surface area contributed by atoms with Crippen LogP contribution in [0.2, 0.25) is 5.02 Å². The van der Waals surface area contributed by atoms with Gasteiger partial charge in [-0.1, -0.05) is 54.1 Å². The topological polar surface area (TPSA) is 73.6 Å². The molecule has 0 unspecified atom stereocenters. The number of amides is 2. The maximum Gasteiger partial charge on any atom is 0.266 e. The number of hydrogen-bond acceptors (Lipinski definition) is 5. The van der Waals surface area contributed by atoms with Crippen molar-refractivity contribution in [3.63, 3.8) is 0 Å². The zero-order valence-electron chi connectivity index (χ0n) is 16.2. The van der Waals surface area contributed by atoms with Crippen LogP contribution in [-0.2, 0) is 14.4 Å². The van der Waals surface area contributed by atoms with Crippen molar-refractivity contribution in [1.29, 1.82) is 5.26 Å². The Hall–Kier alpha value is -3.66. The second-order valence-electron chi connectivity index (χ2n) is 7.36. The van der Waals surface area contributed by atoms with E-state index in [1.165, 1.54) is 0 Å². The summed E-state index contributed by atoms with van der Waals surface area (Å²) in [5.41, 5.74) is 2.37. The molecule has 2 aliphatic rings. The molecule has 0 spiro atoms. The molecule has 2 fully saturated rings. The van der Waals surface area contributed by atoms with Crippen molar-refractivity contribution in [2.45, 2.75) is 12.1 Å². The number of nitrogens with zero attached hydrogens (tertiary/aromatic N) is 3. The van der Waals surface area contributed by atoms with Crippen molar-refractivity contribution in [1.82, 2.24) is 0 Å². The van der Waals surface area contributed by atoms with Gasteiger partial charge in [0.05, 0.1) is 34.1 Å². The maximum atomic E-state index is 13.5. The SMILES string of the molecule is N#Cc1ccc([C@@H]2[C@H]3C(=O)N(c4ccccc4Cl)C(=O)[C@@H]3ON2c2ccccc2)cc1. The molecule has 2 aliphatic heterocycles. The lowest BCUT2D eigenvalue weighted by Gasteiger charge is -2.29. The van der Waals surface area contributed by atoms with Crippen LogP contribution in [-0.4, -0.2) is 17.9 Å². The Morgan fingerprint density at radius 3 is 2.23 bits per heavy atom. The molecule has 0 bridgehead atoms. The van der Waals surface area contributed by atoms with E-state index in [0.717, 1.165) is 16.2 Å². The molecule has 5 rings (SSSR count). The van der Waals surface area contributed by atoms with Crippen LogP contribution in [0.3, 0.4) is 0 Å². The van der Waals surface area contributed by atoms with Crippen molar-refractivity contribution in [3.8, 4) is 6.07 Å². The molecule has 2 heterocycles. The molecule has 2 amide bonds. The molecule has 0 aromatic heterocycles. The molecule has 0 saturated carbocycles. The van der Waals surface area contributed by atoms with Gasteiger partial charge in [-0.25, -0.2) is 9.96 Å². The van der Waals surface area contributed by atoms with E-state index in [1.807, 2.05) is 30.3 Å². The molecule has 31 heavy (non-hydrogen) atoms. The number of anilines is 2. The molecule has 3 aromatic rings.